The van der Waals surface area contributed by atoms with Crippen molar-refractivity contribution in [2.45, 2.75) is 12.8 Å². The fourth-order valence-electron chi connectivity index (χ4n) is 3.96. The smallest absolute Gasteiger partial charge is 0.167 e. The summed E-state index contributed by atoms with van der Waals surface area (Å²) in [6.45, 7) is 3.32. The minimum atomic E-state index is 0.202. The van der Waals surface area contributed by atoms with Crippen LogP contribution in [0.5, 0.6) is 0 Å². The van der Waals surface area contributed by atoms with E-state index in [1.54, 1.807) is 0 Å². The van der Waals surface area contributed by atoms with Crippen LogP contribution in [0, 0.1) is 11.8 Å². The Labute approximate surface area is 131 Å². The monoisotopic (exact) mass is 291 g/mol. The summed E-state index contributed by atoms with van der Waals surface area (Å²) in [5.41, 5.74) is 3.18. The van der Waals surface area contributed by atoms with Gasteiger partial charge in [0.15, 0.2) is 5.78 Å². The molecule has 22 heavy (non-hydrogen) atoms. The lowest BCUT2D eigenvalue weighted by Crippen LogP contribution is -2.50. The summed E-state index contributed by atoms with van der Waals surface area (Å²) < 4.78 is 0. The second kappa shape index (κ2) is 5.69. The van der Waals surface area contributed by atoms with E-state index in [0.29, 0.717) is 11.7 Å². The molecule has 3 aliphatic heterocycles. The molecule has 1 atom stereocenters. The Morgan fingerprint density at radius 2 is 1.64 bits per heavy atom. The van der Waals surface area contributed by atoms with E-state index in [4.69, 9.17) is 0 Å². The molecule has 112 valence electrons. The summed E-state index contributed by atoms with van der Waals surface area (Å²) in [5, 5.41) is 0. The zero-order chi connectivity index (χ0) is 14.9. The van der Waals surface area contributed by atoms with Crippen molar-refractivity contribution in [2.75, 3.05) is 19.6 Å². The lowest BCUT2D eigenvalue weighted by molar-refractivity contribution is 0.0419. The predicted molar refractivity (Wildman–Crippen MR) is 88.9 cm³/mol. The average Bonchev–Trinajstić information content (AvgIpc) is 2.63. The number of fused-ring (bicyclic) bond motifs is 3. The number of hydrogen-bond donors (Lipinski definition) is 0. The topological polar surface area (TPSA) is 20.3 Å². The second-order valence-electron chi connectivity index (χ2n) is 6.56. The number of carbonyl (C=O) groups excluding carboxylic acids is 1. The van der Waals surface area contributed by atoms with E-state index in [0.717, 1.165) is 17.7 Å². The normalized spacial score (nSPS) is 26.8. The van der Waals surface area contributed by atoms with Gasteiger partial charge in [-0.15, -0.1) is 0 Å². The molecule has 0 saturated carbocycles. The van der Waals surface area contributed by atoms with Crippen LogP contribution in [-0.2, 0) is 0 Å². The third kappa shape index (κ3) is 2.48. The molecule has 2 nitrogen and oxygen atoms in total. The van der Waals surface area contributed by atoms with Crippen LogP contribution in [0.1, 0.15) is 23.2 Å². The highest BCUT2D eigenvalue weighted by atomic mass is 16.1. The highest BCUT2D eigenvalue weighted by Crippen LogP contribution is 2.34. The molecule has 0 N–H and O–H groups in total. The van der Waals surface area contributed by atoms with Gasteiger partial charge in [-0.2, -0.15) is 0 Å². The molecule has 2 aromatic carbocycles. The lowest BCUT2D eigenvalue weighted by atomic mass is 9.75. The first-order valence-corrected chi connectivity index (χ1v) is 8.23. The van der Waals surface area contributed by atoms with Gasteiger partial charge < -0.3 is 4.90 Å². The van der Waals surface area contributed by atoms with Crippen LogP contribution in [0.2, 0.25) is 0 Å². The number of benzene rings is 2. The van der Waals surface area contributed by atoms with Crippen molar-refractivity contribution in [3.63, 3.8) is 0 Å². The van der Waals surface area contributed by atoms with Crippen molar-refractivity contribution < 1.29 is 4.79 Å². The average molecular weight is 291 g/mol. The lowest BCUT2D eigenvalue weighted by Gasteiger charge is -2.44. The maximum absolute atomic E-state index is 12.9. The molecule has 2 bridgehead atoms. The summed E-state index contributed by atoms with van der Waals surface area (Å²) in [6, 6.07) is 18.4. The minimum Gasteiger partial charge on any atom is -0.303 e. The molecule has 2 aromatic rings. The third-order valence-corrected chi connectivity index (χ3v) is 5.25. The molecule has 3 heterocycles. The van der Waals surface area contributed by atoms with Crippen LogP contribution in [0.25, 0.3) is 11.1 Å². The molecular formula is C20H21NO. The summed E-state index contributed by atoms with van der Waals surface area (Å²) in [5.74, 6) is 1.14. The molecule has 0 amide bonds. The van der Waals surface area contributed by atoms with Crippen molar-refractivity contribution in [1.82, 2.24) is 4.90 Å². The van der Waals surface area contributed by atoms with Crippen molar-refractivity contribution in [3.05, 3.63) is 60.2 Å². The first-order valence-electron chi connectivity index (χ1n) is 8.23. The van der Waals surface area contributed by atoms with Gasteiger partial charge in [0, 0.05) is 18.0 Å². The summed E-state index contributed by atoms with van der Waals surface area (Å²) in [7, 11) is 0. The van der Waals surface area contributed by atoms with Crippen molar-refractivity contribution in [3.8, 4) is 11.1 Å². The number of rotatable bonds is 3. The highest BCUT2D eigenvalue weighted by Gasteiger charge is 2.38. The third-order valence-electron chi connectivity index (χ3n) is 5.25. The number of carbonyl (C=O) groups is 1. The fraction of sp³-hybridized carbons (Fsp3) is 0.350. The van der Waals surface area contributed by atoms with E-state index in [1.807, 2.05) is 30.3 Å². The zero-order valence-corrected chi connectivity index (χ0v) is 12.7. The van der Waals surface area contributed by atoms with Crippen LogP contribution in [0.3, 0.4) is 0 Å². The Morgan fingerprint density at radius 3 is 2.32 bits per heavy atom. The van der Waals surface area contributed by atoms with Gasteiger partial charge in [0.1, 0.15) is 0 Å². The summed E-state index contributed by atoms with van der Waals surface area (Å²) in [6.07, 6.45) is 2.38. The summed E-state index contributed by atoms with van der Waals surface area (Å²) in [4.78, 5) is 15.4. The van der Waals surface area contributed by atoms with Crippen LogP contribution >= 0.6 is 0 Å². The largest absolute Gasteiger partial charge is 0.303 e. The molecule has 5 rings (SSSR count). The van der Waals surface area contributed by atoms with Gasteiger partial charge >= 0.3 is 0 Å². The quantitative estimate of drug-likeness (QED) is 0.800. The van der Waals surface area contributed by atoms with Gasteiger partial charge in [-0.3, -0.25) is 4.79 Å². The van der Waals surface area contributed by atoms with Crippen molar-refractivity contribution in [2.24, 2.45) is 11.8 Å². The molecule has 3 saturated heterocycles. The summed E-state index contributed by atoms with van der Waals surface area (Å²) >= 11 is 0. The molecule has 0 radical (unpaired) electrons. The SMILES string of the molecule is O=C(c1cccc(-c2ccccc2)c1)C1CN2CCC1CC2. The Bertz CT molecular complexity index is 671. The second-order valence-corrected chi connectivity index (χ2v) is 6.56. The fourth-order valence-corrected chi connectivity index (χ4v) is 3.96. The maximum Gasteiger partial charge on any atom is 0.167 e. The van der Waals surface area contributed by atoms with E-state index in [2.05, 4.69) is 29.2 Å². The Kier molecular flexibility index (Phi) is 3.55. The van der Waals surface area contributed by atoms with Crippen molar-refractivity contribution >= 4 is 5.78 Å². The maximum atomic E-state index is 12.9. The van der Waals surface area contributed by atoms with Gasteiger partial charge in [-0.05, 0) is 49.0 Å². The molecule has 1 unspecified atom stereocenters. The van der Waals surface area contributed by atoms with Gasteiger partial charge in [-0.25, -0.2) is 0 Å². The molecule has 0 aromatic heterocycles. The number of piperidine rings is 3. The minimum absolute atomic E-state index is 0.202. The highest BCUT2D eigenvalue weighted by molar-refractivity contribution is 5.99. The van der Waals surface area contributed by atoms with Crippen molar-refractivity contribution in [1.29, 1.82) is 0 Å². The predicted octanol–water partition coefficient (Wildman–Crippen LogP) is 3.88. The standard InChI is InChI=1S/C20H21NO/c22-20(19-14-21-11-9-16(19)10-12-21)18-8-4-7-17(13-18)15-5-2-1-3-6-15/h1-8,13,16,19H,9-12,14H2. The molecule has 2 heteroatoms. The zero-order valence-electron chi connectivity index (χ0n) is 12.7. The van der Waals surface area contributed by atoms with Crippen LogP contribution < -0.4 is 0 Å². The van der Waals surface area contributed by atoms with Gasteiger partial charge in [0.2, 0.25) is 0 Å². The Morgan fingerprint density at radius 1 is 0.909 bits per heavy atom. The Hall–Kier alpha value is -1.93. The van der Waals surface area contributed by atoms with E-state index in [1.165, 1.54) is 31.5 Å². The molecular weight excluding hydrogens is 270 g/mol. The number of nitrogens with zero attached hydrogens (tertiary/aromatic N) is 1. The molecule has 0 aliphatic carbocycles. The molecule has 3 fully saturated rings. The number of hydrogen-bond acceptors (Lipinski definition) is 2. The number of ketones is 1. The molecule has 0 spiro atoms. The van der Waals surface area contributed by atoms with E-state index in [9.17, 15) is 4.79 Å². The van der Waals surface area contributed by atoms with Gasteiger partial charge in [0.25, 0.3) is 0 Å². The first kappa shape index (κ1) is 13.7. The van der Waals surface area contributed by atoms with E-state index >= 15 is 0 Å². The molecule has 3 aliphatic rings. The van der Waals surface area contributed by atoms with Crippen LogP contribution in [0.4, 0.5) is 0 Å². The van der Waals surface area contributed by atoms with E-state index in [-0.39, 0.29) is 5.92 Å². The number of Topliss-reactive ketones (excluding diaryl/α,β-unsaturated/α-hetero) is 1. The van der Waals surface area contributed by atoms with Gasteiger partial charge in [0.05, 0.1) is 0 Å². The first-order chi connectivity index (χ1) is 10.8. The Balaban J connectivity index is 1.61. The van der Waals surface area contributed by atoms with E-state index < -0.39 is 0 Å². The van der Waals surface area contributed by atoms with Crippen LogP contribution in [-0.4, -0.2) is 30.3 Å². The van der Waals surface area contributed by atoms with Gasteiger partial charge in [-0.1, -0.05) is 48.5 Å². The van der Waals surface area contributed by atoms with Crippen LogP contribution in [0.15, 0.2) is 54.6 Å².